The molecule has 59 heavy (non-hydrogen) atoms. The van der Waals surface area contributed by atoms with Gasteiger partial charge in [-0.15, -0.1) is 22.7 Å². The van der Waals surface area contributed by atoms with Gasteiger partial charge in [-0.1, -0.05) is 170 Å². The second kappa shape index (κ2) is 16.2. The van der Waals surface area contributed by atoms with E-state index in [2.05, 4.69) is 217 Å². The van der Waals surface area contributed by atoms with Crippen LogP contribution in [0.25, 0.3) is 74.2 Å². The first-order valence-electron chi connectivity index (χ1n) is 20.2. The van der Waals surface area contributed by atoms with Gasteiger partial charge in [0.05, 0.1) is 5.69 Å². The average Bonchev–Trinajstić information content (AvgIpc) is 3.77. The Balaban J connectivity index is 1.08. The van der Waals surface area contributed by atoms with Crippen molar-refractivity contribution in [2.75, 3.05) is 4.90 Å². The van der Waals surface area contributed by atoms with Gasteiger partial charge in [-0.2, -0.15) is 0 Å². The van der Waals surface area contributed by atoms with Crippen LogP contribution in [0.2, 0.25) is 0 Å². The zero-order valence-corrected chi connectivity index (χ0v) is 34.4. The van der Waals surface area contributed by atoms with E-state index in [4.69, 9.17) is 0 Å². The van der Waals surface area contributed by atoms with Crippen molar-refractivity contribution in [3.05, 3.63) is 229 Å². The summed E-state index contributed by atoms with van der Waals surface area (Å²) < 4.78 is 5.26. The Morgan fingerprint density at radius 2 is 1.22 bits per heavy atom. The summed E-state index contributed by atoms with van der Waals surface area (Å²) in [5.41, 5.74) is 12.0. The minimum absolute atomic E-state index is 0.784. The molecule has 1 nitrogen and oxygen atoms in total. The summed E-state index contributed by atoms with van der Waals surface area (Å²) in [6.45, 7) is 2.04. The van der Waals surface area contributed by atoms with Crippen molar-refractivity contribution in [1.82, 2.24) is 0 Å². The van der Waals surface area contributed by atoms with Gasteiger partial charge in [-0.3, -0.25) is 0 Å². The summed E-state index contributed by atoms with van der Waals surface area (Å²) in [6.07, 6.45) is 22.6. The number of benzene rings is 7. The Morgan fingerprint density at radius 1 is 0.525 bits per heavy atom. The maximum atomic E-state index is 2.48. The van der Waals surface area contributed by atoms with Crippen molar-refractivity contribution < 1.29 is 0 Å². The maximum Gasteiger partial charge on any atom is 0.0551 e. The molecule has 9 aromatic rings. The highest BCUT2D eigenvalue weighted by Gasteiger charge is 2.21. The summed E-state index contributed by atoms with van der Waals surface area (Å²) in [5.74, 6) is 0. The van der Waals surface area contributed by atoms with Crippen molar-refractivity contribution in [1.29, 1.82) is 0 Å². The van der Waals surface area contributed by atoms with Gasteiger partial charge in [0.1, 0.15) is 0 Å². The van der Waals surface area contributed by atoms with Gasteiger partial charge in [0.2, 0.25) is 0 Å². The van der Waals surface area contributed by atoms with Gasteiger partial charge in [0.25, 0.3) is 0 Å². The molecule has 0 saturated carbocycles. The second-order valence-corrected chi connectivity index (χ2v) is 16.9. The summed E-state index contributed by atoms with van der Waals surface area (Å²) >= 11 is 3.75. The van der Waals surface area contributed by atoms with Crippen LogP contribution in [-0.2, 0) is 0 Å². The maximum absolute atomic E-state index is 2.48. The van der Waals surface area contributed by atoms with Crippen LogP contribution in [0.4, 0.5) is 11.4 Å². The van der Waals surface area contributed by atoms with E-state index in [-0.39, 0.29) is 0 Å². The molecule has 0 spiro atoms. The van der Waals surface area contributed by atoms with E-state index >= 15 is 0 Å². The van der Waals surface area contributed by atoms with Crippen molar-refractivity contribution in [2.45, 2.75) is 13.3 Å². The lowest BCUT2D eigenvalue weighted by Gasteiger charge is -2.28. The highest BCUT2D eigenvalue weighted by molar-refractivity contribution is 7.26. The molecule has 1 aliphatic rings. The molecule has 0 saturated heterocycles. The van der Waals surface area contributed by atoms with Crippen molar-refractivity contribution in [3.8, 4) is 22.3 Å². The molecule has 0 bridgehead atoms. The quantitative estimate of drug-likeness (QED) is 0.132. The zero-order chi connectivity index (χ0) is 39.5. The van der Waals surface area contributed by atoms with Crippen LogP contribution in [0.3, 0.4) is 0 Å². The fraction of sp³-hybridized carbons (Fsp3) is 0.0357. The number of rotatable bonds is 9. The molecule has 0 unspecified atom stereocenters. The molecule has 0 fully saturated rings. The number of nitrogens with zero attached hydrogens (tertiary/aromatic N) is 1. The molecule has 2 aromatic heterocycles. The van der Waals surface area contributed by atoms with E-state index < -0.39 is 0 Å². The van der Waals surface area contributed by atoms with Gasteiger partial charge in [-0.05, 0) is 94.4 Å². The topological polar surface area (TPSA) is 3.24 Å². The molecular weight excluding hydrogens is 751 g/mol. The van der Waals surface area contributed by atoms with E-state index in [0.717, 1.165) is 12.1 Å². The Hall–Kier alpha value is -6.78. The summed E-state index contributed by atoms with van der Waals surface area (Å²) in [6, 6.07) is 57.8. The molecule has 1 aliphatic carbocycles. The normalized spacial score (nSPS) is 13.4. The number of thiophene rings is 2. The van der Waals surface area contributed by atoms with Crippen LogP contribution in [0.5, 0.6) is 0 Å². The smallest absolute Gasteiger partial charge is 0.0551 e. The number of anilines is 2. The number of fused-ring (bicyclic) bond motifs is 6. The summed E-state index contributed by atoms with van der Waals surface area (Å²) in [7, 11) is 0. The molecule has 0 aliphatic heterocycles. The minimum atomic E-state index is 0.784. The Bertz CT molecular complexity index is 3180. The van der Waals surface area contributed by atoms with Gasteiger partial charge in [-0.25, -0.2) is 0 Å². The first kappa shape index (κ1) is 36.6. The summed E-state index contributed by atoms with van der Waals surface area (Å²) in [5, 5.41) is 5.23. The van der Waals surface area contributed by atoms with Crippen LogP contribution >= 0.6 is 22.7 Å². The molecule has 10 rings (SSSR count). The summed E-state index contributed by atoms with van der Waals surface area (Å²) in [4.78, 5) is 2.48. The van der Waals surface area contributed by atoms with Crippen molar-refractivity contribution in [3.63, 3.8) is 0 Å². The number of hydrogen-bond donors (Lipinski definition) is 0. The van der Waals surface area contributed by atoms with Crippen molar-refractivity contribution in [2.24, 2.45) is 0 Å². The van der Waals surface area contributed by atoms with Crippen LogP contribution in [0.1, 0.15) is 24.5 Å². The first-order chi connectivity index (χ1) is 29.2. The first-order valence-corrected chi connectivity index (χ1v) is 21.8. The third kappa shape index (κ3) is 7.10. The number of hydrogen-bond acceptors (Lipinski definition) is 3. The molecule has 3 heteroatoms. The SMILES string of the molecule is C\C=C/C=C\C=C\c1cc(C2=CC=C(N(c3ccc(-c4cccc5c4sc4ccccc45)cc3)c3cccc4sc5ccccc5c34)CC=C2)ccc1-c1ccccc1. The lowest BCUT2D eigenvalue weighted by atomic mass is 9.94. The standard InChI is InChI=1S/C56H41NS2/c1-2-3-4-5-7-19-43-38-42(33-37-46(43)40-17-8-6-9-18-40)39-20-14-21-44(34-30-39)57(51-26-16-29-54-55(51)50-23-11-13-28-53(50)58-54)45-35-31-41(32-36-45)47-24-15-25-49-48-22-10-12-27-52(48)59-56(47)49/h2-20,22-38H,21H2,1H3/b3-2-,5-4-,19-7+. The van der Waals surface area contributed by atoms with Gasteiger partial charge < -0.3 is 4.90 Å². The predicted octanol–water partition coefficient (Wildman–Crippen LogP) is 17.0. The van der Waals surface area contributed by atoms with Crippen LogP contribution in [-0.4, -0.2) is 0 Å². The van der Waals surface area contributed by atoms with E-state index in [0.29, 0.717) is 0 Å². The Kier molecular flexibility index (Phi) is 10.1. The van der Waals surface area contributed by atoms with E-state index in [1.165, 1.54) is 90.7 Å². The van der Waals surface area contributed by atoms with Gasteiger partial charge in [0, 0.05) is 58.1 Å². The van der Waals surface area contributed by atoms with Crippen LogP contribution in [0.15, 0.2) is 218 Å². The van der Waals surface area contributed by atoms with E-state index in [9.17, 15) is 0 Å². The molecule has 282 valence electrons. The van der Waals surface area contributed by atoms with E-state index in [1.807, 2.05) is 35.7 Å². The highest BCUT2D eigenvalue weighted by atomic mass is 32.1. The fourth-order valence-corrected chi connectivity index (χ4v) is 10.7. The lowest BCUT2D eigenvalue weighted by molar-refractivity contribution is 1.09. The second-order valence-electron chi connectivity index (χ2n) is 14.7. The molecule has 0 amide bonds. The minimum Gasteiger partial charge on any atom is -0.313 e. The molecule has 0 N–H and O–H groups in total. The third-order valence-corrected chi connectivity index (χ3v) is 13.5. The monoisotopic (exact) mass is 791 g/mol. The van der Waals surface area contributed by atoms with Crippen LogP contribution < -0.4 is 4.90 Å². The average molecular weight is 792 g/mol. The fourth-order valence-electron chi connectivity index (χ4n) is 8.30. The Morgan fingerprint density at radius 3 is 2.07 bits per heavy atom. The molecular formula is C56H41NS2. The molecule has 0 radical (unpaired) electrons. The zero-order valence-electron chi connectivity index (χ0n) is 32.8. The van der Waals surface area contributed by atoms with E-state index in [1.54, 1.807) is 0 Å². The third-order valence-electron chi connectivity index (χ3n) is 11.1. The lowest BCUT2D eigenvalue weighted by Crippen LogP contribution is -2.16. The van der Waals surface area contributed by atoms with Crippen molar-refractivity contribution >= 4 is 86.0 Å². The predicted molar refractivity (Wildman–Crippen MR) is 261 cm³/mol. The Labute approximate surface area is 353 Å². The highest BCUT2D eigenvalue weighted by Crippen LogP contribution is 2.45. The largest absolute Gasteiger partial charge is 0.313 e. The molecule has 0 atom stereocenters. The van der Waals surface area contributed by atoms with Crippen LogP contribution in [0, 0.1) is 0 Å². The number of allylic oxidation sites excluding steroid dienone is 10. The molecule has 2 heterocycles. The van der Waals surface area contributed by atoms with Gasteiger partial charge >= 0.3 is 0 Å². The molecule has 7 aromatic carbocycles. The van der Waals surface area contributed by atoms with Gasteiger partial charge in [0.15, 0.2) is 0 Å².